The second-order valence-corrected chi connectivity index (χ2v) is 9.01. The summed E-state index contributed by atoms with van der Waals surface area (Å²) >= 11 is 1.85. The predicted molar refractivity (Wildman–Crippen MR) is 106 cm³/mol. The fraction of sp³-hybridized carbons (Fsp3) is 0.714. The number of thiophene rings is 1. The molecule has 3 heteroatoms. The zero-order valence-corrected chi connectivity index (χ0v) is 16.1. The number of rotatable bonds is 10. The third-order valence-electron chi connectivity index (χ3n) is 5.23. The normalized spacial score (nSPS) is 19.0. The van der Waals surface area contributed by atoms with E-state index in [-0.39, 0.29) is 6.61 Å². The number of aryl methyl sites for hydroxylation is 1. The van der Waals surface area contributed by atoms with E-state index in [1.54, 1.807) is 0 Å². The number of unbranched alkanes of at least 4 members (excludes halogenated alkanes) is 2. The zero-order valence-electron chi connectivity index (χ0n) is 15.3. The Hall–Kier alpha value is -0.640. The van der Waals surface area contributed by atoms with Gasteiger partial charge in [0, 0.05) is 15.3 Å². The molecule has 0 aliphatic heterocycles. The summed E-state index contributed by atoms with van der Waals surface area (Å²) in [5.41, 5.74) is 5.53. The minimum absolute atomic E-state index is 0.0476. The summed E-state index contributed by atoms with van der Waals surface area (Å²) in [6.07, 6.45) is 19.1. The van der Waals surface area contributed by atoms with Crippen LogP contribution in [-0.2, 0) is 6.42 Å². The summed E-state index contributed by atoms with van der Waals surface area (Å²) in [4.78, 5) is 2.69. The monoisotopic (exact) mass is 349 g/mol. The molecule has 0 radical (unpaired) electrons. The third kappa shape index (κ3) is 7.50. The topological polar surface area (TPSA) is 46.2 Å². The second-order valence-electron chi connectivity index (χ2n) is 7.81. The standard InChI is InChI=1S/C21H35NOS/c1-21(22,17-23)16-15-20-14-13-19(24-20)12-8-3-2-5-9-18-10-6-4-7-11-18/h8,12-14,18,23H,2-7,9-11,15-17,22H2,1H3. The molecule has 0 saturated heterocycles. The molecule has 0 spiro atoms. The highest BCUT2D eigenvalue weighted by Crippen LogP contribution is 2.28. The van der Waals surface area contributed by atoms with Gasteiger partial charge in [-0.15, -0.1) is 11.3 Å². The maximum absolute atomic E-state index is 9.21. The molecule has 0 aromatic carbocycles. The van der Waals surface area contributed by atoms with Gasteiger partial charge in [0.2, 0.25) is 0 Å². The highest BCUT2D eigenvalue weighted by atomic mass is 32.1. The van der Waals surface area contributed by atoms with Gasteiger partial charge in [-0.1, -0.05) is 51.0 Å². The van der Waals surface area contributed by atoms with E-state index >= 15 is 0 Å². The Morgan fingerprint density at radius 1 is 1.25 bits per heavy atom. The highest BCUT2D eigenvalue weighted by Gasteiger charge is 2.16. The fourth-order valence-corrected chi connectivity index (χ4v) is 4.42. The van der Waals surface area contributed by atoms with Crippen LogP contribution in [0.4, 0.5) is 0 Å². The van der Waals surface area contributed by atoms with Gasteiger partial charge < -0.3 is 10.8 Å². The van der Waals surface area contributed by atoms with Crippen molar-refractivity contribution in [2.24, 2.45) is 11.7 Å². The van der Waals surface area contributed by atoms with E-state index in [9.17, 15) is 5.11 Å². The lowest BCUT2D eigenvalue weighted by Gasteiger charge is -2.21. The van der Waals surface area contributed by atoms with Crippen LogP contribution in [0.5, 0.6) is 0 Å². The van der Waals surface area contributed by atoms with Crippen LogP contribution in [0.25, 0.3) is 6.08 Å². The number of allylic oxidation sites excluding steroid dienone is 1. The molecule has 136 valence electrons. The average molecular weight is 350 g/mol. The molecule has 3 N–H and O–H groups in total. The van der Waals surface area contributed by atoms with E-state index in [2.05, 4.69) is 24.3 Å². The molecule has 0 bridgehead atoms. The van der Waals surface area contributed by atoms with Crippen molar-refractivity contribution in [3.8, 4) is 0 Å². The summed E-state index contributed by atoms with van der Waals surface area (Å²) in [5.74, 6) is 1.02. The zero-order chi connectivity index (χ0) is 17.3. The molecule has 2 rings (SSSR count). The molecule has 1 aromatic heterocycles. The maximum atomic E-state index is 9.21. The summed E-state index contributed by atoms with van der Waals surface area (Å²) in [6, 6.07) is 4.40. The Labute approximate surface area is 152 Å². The molecule has 2 nitrogen and oxygen atoms in total. The van der Waals surface area contributed by atoms with E-state index in [0.717, 1.165) is 18.8 Å². The molecule has 0 amide bonds. The van der Waals surface area contributed by atoms with Gasteiger partial charge in [-0.25, -0.2) is 0 Å². The first-order chi connectivity index (χ1) is 11.6. The number of hydrogen-bond donors (Lipinski definition) is 2. The van der Waals surface area contributed by atoms with E-state index in [0.29, 0.717) is 0 Å². The van der Waals surface area contributed by atoms with Gasteiger partial charge in [0.1, 0.15) is 0 Å². The molecule has 1 saturated carbocycles. The Balaban J connectivity index is 1.60. The third-order valence-corrected chi connectivity index (χ3v) is 6.34. The Morgan fingerprint density at radius 3 is 2.79 bits per heavy atom. The van der Waals surface area contributed by atoms with Crippen molar-refractivity contribution >= 4 is 17.4 Å². The van der Waals surface area contributed by atoms with Crippen molar-refractivity contribution in [3.63, 3.8) is 0 Å². The van der Waals surface area contributed by atoms with Gasteiger partial charge >= 0.3 is 0 Å². The van der Waals surface area contributed by atoms with E-state index in [1.807, 2.05) is 18.3 Å². The summed E-state index contributed by atoms with van der Waals surface area (Å²) < 4.78 is 0. The van der Waals surface area contributed by atoms with Crippen molar-refractivity contribution in [2.45, 2.75) is 83.1 Å². The van der Waals surface area contributed by atoms with Crippen LogP contribution in [0.2, 0.25) is 0 Å². The van der Waals surface area contributed by atoms with Crippen LogP contribution in [0.1, 0.15) is 80.9 Å². The van der Waals surface area contributed by atoms with Crippen LogP contribution in [0.3, 0.4) is 0 Å². The van der Waals surface area contributed by atoms with Crippen molar-refractivity contribution in [1.82, 2.24) is 0 Å². The largest absolute Gasteiger partial charge is 0.394 e. The molecule has 1 aliphatic carbocycles. The van der Waals surface area contributed by atoms with Crippen LogP contribution in [0, 0.1) is 5.92 Å². The average Bonchev–Trinajstić information content (AvgIpc) is 3.05. The van der Waals surface area contributed by atoms with Crippen LogP contribution >= 0.6 is 11.3 Å². The number of hydrogen-bond acceptors (Lipinski definition) is 3. The van der Waals surface area contributed by atoms with E-state index in [1.165, 1.54) is 67.5 Å². The first-order valence-corrected chi connectivity index (χ1v) is 10.6. The van der Waals surface area contributed by atoms with Gasteiger partial charge in [0.15, 0.2) is 0 Å². The predicted octanol–water partition coefficient (Wildman–Crippen LogP) is 5.54. The van der Waals surface area contributed by atoms with Crippen molar-refractivity contribution in [2.75, 3.05) is 6.61 Å². The smallest absolute Gasteiger partial charge is 0.0608 e. The molecule has 1 fully saturated rings. The lowest BCUT2D eigenvalue weighted by molar-refractivity contribution is 0.201. The lowest BCUT2D eigenvalue weighted by Crippen LogP contribution is -2.40. The molecule has 24 heavy (non-hydrogen) atoms. The van der Waals surface area contributed by atoms with Gasteiger partial charge in [-0.2, -0.15) is 0 Å². The van der Waals surface area contributed by atoms with Gasteiger partial charge in [0.05, 0.1) is 6.61 Å². The first kappa shape index (κ1) is 19.7. The Kier molecular flexibility index (Phi) is 8.51. The van der Waals surface area contributed by atoms with Gasteiger partial charge in [0.25, 0.3) is 0 Å². The quantitative estimate of drug-likeness (QED) is 0.544. The summed E-state index contributed by atoms with van der Waals surface area (Å²) in [7, 11) is 0. The minimum Gasteiger partial charge on any atom is -0.394 e. The lowest BCUT2D eigenvalue weighted by atomic mass is 9.85. The van der Waals surface area contributed by atoms with Crippen molar-refractivity contribution in [1.29, 1.82) is 0 Å². The molecule has 1 heterocycles. The van der Waals surface area contributed by atoms with E-state index < -0.39 is 5.54 Å². The molecule has 1 aliphatic rings. The first-order valence-electron chi connectivity index (χ1n) is 9.74. The summed E-state index contributed by atoms with van der Waals surface area (Å²) in [6.45, 7) is 1.96. The second kappa shape index (κ2) is 10.4. The maximum Gasteiger partial charge on any atom is 0.0608 e. The molecule has 1 aromatic rings. The van der Waals surface area contributed by atoms with Gasteiger partial charge in [-0.05, 0) is 56.7 Å². The fourth-order valence-electron chi connectivity index (χ4n) is 3.48. The minimum atomic E-state index is -0.460. The SMILES string of the molecule is CC(N)(CO)CCc1ccc(C=CCCCCC2CCCCC2)s1. The number of aliphatic hydroxyl groups excluding tert-OH is 1. The molecule has 1 atom stereocenters. The number of nitrogens with two attached hydrogens (primary N) is 1. The molecular weight excluding hydrogens is 314 g/mol. The van der Waals surface area contributed by atoms with Gasteiger partial charge in [-0.3, -0.25) is 0 Å². The summed E-state index contributed by atoms with van der Waals surface area (Å²) in [5, 5.41) is 9.21. The molecule has 1 unspecified atom stereocenters. The van der Waals surface area contributed by atoms with Crippen LogP contribution < -0.4 is 5.73 Å². The van der Waals surface area contributed by atoms with Crippen LogP contribution in [0.15, 0.2) is 18.2 Å². The highest BCUT2D eigenvalue weighted by molar-refractivity contribution is 7.12. The number of aliphatic hydroxyl groups is 1. The van der Waals surface area contributed by atoms with Crippen molar-refractivity contribution < 1.29 is 5.11 Å². The van der Waals surface area contributed by atoms with Crippen molar-refractivity contribution in [3.05, 3.63) is 28.0 Å². The van der Waals surface area contributed by atoms with E-state index in [4.69, 9.17) is 5.73 Å². The Bertz CT molecular complexity index is 486. The molecular formula is C21H35NOS. The Morgan fingerprint density at radius 2 is 2.04 bits per heavy atom. The van der Waals surface area contributed by atoms with Crippen LogP contribution in [-0.4, -0.2) is 17.3 Å².